The summed E-state index contributed by atoms with van der Waals surface area (Å²) >= 11 is 0. The molecular weight excluding hydrogens is 310 g/mol. The number of ether oxygens (including phenoxy) is 1. The normalized spacial score (nSPS) is 11.4. The number of rotatable bonds is 10. The van der Waals surface area contributed by atoms with Crippen molar-refractivity contribution in [2.75, 3.05) is 6.54 Å². The molecule has 0 heterocycles. The van der Waals surface area contributed by atoms with Crippen LogP contribution in [0.4, 0.5) is 4.79 Å². The summed E-state index contributed by atoms with van der Waals surface area (Å²) < 4.78 is 5.08. The summed E-state index contributed by atoms with van der Waals surface area (Å²) in [6.45, 7) is 2.28. The first-order valence-corrected chi connectivity index (χ1v) is 8.02. The lowest BCUT2D eigenvalue weighted by Gasteiger charge is -2.10. The van der Waals surface area contributed by atoms with Gasteiger partial charge in [0, 0.05) is 13.0 Å². The summed E-state index contributed by atoms with van der Waals surface area (Å²) in [6.07, 6.45) is 2.09. The Hall–Kier alpha value is -2.57. The second-order valence-corrected chi connectivity index (χ2v) is 5.49. The van der Waals surface area contributed by atoms with Crippen molar-refractivity contribution < 1.29 is 19.1 Å². The molecule has 4 N–H and O–H groups in total. The highest BCUT2D eigenvalue weighted by molar-refractivity contribution is 5.86. The van der Waals surface area contributed by atoms with E-state index in [9.17, 15) is 14.4 Å². The van der Waals surface area contributed by atoms with Gasteiger partial charge >= 0.3 is 6.09 Å². The lowest BCUT2D eigenvalue weighted by Crippen LogP contribution is -2.42. The Morgan fingerprint density at radius 2 is 1.83 bits per heavy atom. The van der Waals surface area contributed by atoms with E-state index in [2.05, 4.69) is 10.6 Å². The molecule has 0 unspecified atom stereocenters. The largest absolute Gasteiger partial charge is 0.445 e. The Bertz CT molecular complexity index is 534. The standard InChI is InChI=1S/C17H25N3O4/c1-13(16(18)22)20-15(21)10-6-3-7-11-19-17(23)24-12-14-8-4-2-5-9-14/h2,4-5,8-9,13H,3,6-7,10-12H2,1H3,(H2,18,22)(H,19,23)(H,20,21)/t13-/m0/s1. The summed E-state index contributed by atoms with van der Waals surface area (Å²) in [5, 5.41) is 5.18. The fourth-order valence-electron chi connectivity index (χ4n) is 1.94. The first kappa shape index (κ1) is 19.5. The molecule has 1 aromatic carbocycles. The zero-order chi connectivity index (χ0) is 17.8. The molecule has 1 aromatic rings. The molecule has 132 valence electrons. The highest BCUT2D eigenvalue weighted by atomic mass is 16.5. The molecular formula is C17H25N3O4. The van der Waals surface area contributed by atoms with Gasteiger partial charge in [0.1, 0.15) is 12.6 Å². The number of amides is 3. The highest BCUT2D eigenvalue weighted by Crippen LogP contribution is 2.02. The molecule has 0 aromatic heterocycles. The van der Waals surface area contributed by atoms with Crippen molar-refractivity contribution in [3.05, 3.63) is 35.9 Å². The number of hydrogen-bond acceptors (Lipinski definition) is 4. The molecule has 7 heteroatoms. The monoisotopic (exact) mass is 335 g/mol. The summed E-state index contributed by atoms with van der Waals surface area (Å²) in [6, 6.07) is 8.79. The van der Waals surface area contributed by atoms with E-state index in [0.717, 1.165) is 18.4 Å². The molecule has 1 rings (SSSR count). The maximum absolute atomic E-state index is 11.5. The van der Waals surface area contributed by atoms with Gasteiger partial charge in [0.05, 0.1) is 0 Å². The molecule has 1 atom stereocenters. The third-order valence-electron chi connectivity index (χ3n) is 3.37. The van der Waals surface area contributed by atoms with Gasteiger partial charge in [-0.05, 0) is 25.3 Å². The van der Waals surface area contributed by atoms with Crippen LogP contribution in [0.1, 0.15) is 38.2 Å². The van der Waals surface area contributed by atoms with Crippen LogP contribution in [0, 0.1) is 0 Å². The lowest BCUT2D eigenvalue weighted by molar-refractivity contribution is -0.127. The van der Waals surface area contributed by atoms with E-state index < -0.39 is 18.0 Å². The number of nitrogens with two attached hydrogens (primary N) is 1. The SMILES string of the molecule is C[C@H](NC(=O)CCCCCNC(=O)OCc1ccccc1)C(N)=O. The van der Waals surface area contributed by atoms with Crippen molar-refractivity contribution in [1.82, 2.24) is 10.6 Å². The molecule has 0 aliphatic rings. The first-order valence-electron chi connectivity index (χ1n) is 8.02. The average Bonchev–Trinajstić information content (AvgIpc) is 2.56. The number of benzene rings is 1. The maximum Gasteiger partial charge on any atom is 0.407 e. The summed E-state index contributed by atoms with van der Waals surface area (Å²) in [7, 11) is 0. The van der Waals surface area contributed by atoms with Gasteiger partial charge < -0.3 is 21.1 Å². The predicted octanol–water partition coefficient (Wildman–Crippen LogP) is 1.46. The van der Waals surface area contributed by atoms with Crippen LogP contribution in [0.5, 0.6) is 0 Å². The van der Waals surface area contributed by atoms with Gasteiger partial charge in [-0.1, -0.05) is 36.8 Å². The molecule has 7 nitrogen and oxygen atoms in total. The van der Waals surface area contributed by atoms with Crippen molar-refractivity contribution in [3.63, 3.8) is 0 Å². The molecule has 0 saturated carbocycles. The first-order chi connectivity index (χ1) is 11.5. The molecule has 0 aliphatic heterocycles. The molecule has 0 radical (unpaired) electrons. The van der Waals surface area contributed by atoms with Crippen molar-refractivity contribution in [1.29, 1.82) is 0 Å². The molecule has 0 aliphatic carbocycles. The Morgan fingerprint density at radius 3 is 2.50 bits per heavy atom. The van der Waals surface area contributed by atoms with Crippen LogP contribution in [-0.4, -0.2) is 30.5 Å². The smallest absolute Gasteiger partial charge is 0.407 e. The number of alkyl carbamates (subject to hydrolysis) is 1. The number of primary amides is 1. The van der Waals surface area contributed by atoms with Crippen LogP contribution < -0.4 is 16.4 Å². The minimum absolute atomic E-state index is 0.198. The van der Waals surface area contributed by atoms with Gasteiger partial charge in [0.2, 0.25) is 11.8 Å². The fourth-order valence-corrected chi connectivity index (χ4v) is 1.94. The second-order valence-electron chi connectivity index (χ2n) is 5.49. The zero-order valence-electron chi connectivity index (χ0n) is 13.9. The minimum atomic E-state index is -0.654. The fraction of sp³-hybridized carbons (Fsp3) is 0.471. The number of nitrogens with one attached hydrogen (secondary N) is 2. The van der Waals surface area contributed by atoms with Crippen molar-refractivity contribution >= 4 is 17.9 Å². The van der Waals surface area contributed by atoms with Crippen LogP contribution in [-0.2, 0) is 20.9 Å². The van der Waals surface area contributed by atoms with E-state index in [0.29, 0.717) is 19.4 Å². The zero-order valence-corrected chi connectivity index (χ0v) is 13.9. The predicted molar refractivity (Wildman–Crippen MR) is 89.9 cm³/mol. The van der Waals surface area contributed by atoms with E-state index in [1.54, 1.807) is 6.92 Å². The quantitative estimate of drug-likeness (QED) is 0.562. The molecule has 3 amide bonds. The van der Waals surface area contributed by atoms with Gasteiger partial charge in [0.15, 0.2) is 0 Å². The van der Waals surface area contributed by atoms with E-state index >= 15 is 0 Å². The van der Waals surface area contributed by atoms with Crippen molar-refractivity contribution in [3.8, 4) is 0 Å². The minimum Gasteiger partial charge on any atom is -0.445 e. The summed E-state index contributed by atoms with van der Waals surface area (Å²) in [5.74, 6) is -0.752. The third kappa shape index (κ3) is 8.77. The van der Waals surface area contributed by atoms with Gasteiger partial charge in [-0.2, -0.15) is 0 Å². The van der Waals surface area contributed by atoms with Gasteiger partial charge in [-0.15, -0.1) is 0 Å². The van der Waals surface area contributed by atoms with Crippen LogP contribution in [0.15, 0.2) is 30.3 Å². The molecule has 24 heavy (non-hydrogen) atoms. The number of hydrogen-bond donors (Lipinski definition) is 3. The van der Waals surface area contributed by atoms with Crippen LogP contribution >= 0.6 is 0 Å². The number of unbranched alkanes of at least 4 members (excludes halogenated alkanes) is 2. The highest BCUT2D eigenvalue weighted by Gasteiger charge is 2.11. The topological polar surface area (TPSA) is 111 Å². The van der Waals surface area contributed by atoms with Gasteiger partial charge in [-0.25, -0.2) is 4.79 Å². The Labute approximate surface area is 141 Å². The van der Waals surface area contributed by atoms with Gasteiger partial charge in [-0.3, -0.25) is 9.59 Å². The van der Waals surface area contributed by atoms with Crippen LogP contribution in [0.25, 0.3) is 0 Å². The van der Waals surface area contributed by atoms with Crippen molar-refractivity contribution in [2.45, 2.75) is 45.3 Å². The Morgan fingerprint density at radius 1 is 1.12 bits per heavy atom. The molecule has 0 spiro atoms. The van der Waals surface area contributed by atoms with Crippen molar-refractivity contribution in [2.24, 2.45) is 5.73 Å². The van der Waals surface area contributed by atoms with E-state index in [1.807, 2.05) is 30.3 Å². The third-order valence-corrected chi connectivity index (χ3v) is 3.37. The lowest BCUT2D eigenvalue weighted by atomic mass is 10.2. The number of carbonyl (C=O) groups is 3. The van der Waals surface area contributed by atoms with E-state index in [4.69, 9.17) is 10.5 Å². The van der Waals surface area contributed by atoms with Crippen LogP contribution in [0.2, 0.25) is 0 Å². The Balaban J connectivity index is 2.00. The number of carbonyl (C=O) groups excluding carboxylic acids is 3. The molecule has 0 bridgehead atoms. The average molecular weight is 335 g/mol. The maximum atomic E-state index is 11.5. The van der Waals surface area contributed by atoms with Crippen LogP contribution in [0.3, 0.4) is 0 Å². The summed E-state index contributed by atoms with van der Waals surface area (Å²) in [4.78, 5) is 33.8. The summed E-state index contributed by atoms with van der Waals surface area (Å²) in [5.41, 5.74) is 6.00. The molecule has 0 saturated heterocycles. The second kappa shape index (κ2) is 11.0. The van der Waals surface area contributed by atoms with E-state index in [-0.39, 0.29) is 12.5 Å². The Kier molecular flexibility index (Phi) is 8.96. The van der Waals surface area contributed by atoms with E-state index in [1.165, 1.54) is 0 Å². The van der Waals surface area contributed by atoms with Gasteiger partial charge in [0.25, 0.3) is 0 Å². The molecule has 0 fully saturated rings.